The van der Waals surface area contributed by atoms with E-state index in [1.54, 1.807) is 0 Å². The third-order valence-electron chi connectivity index (χ3n) is 1.98. The van der Waals surface area contributed by atoms with Crippen LogP contribution in [0.25, 0.3) is 0 Å². The van der Waals surface area contributed by atoms with Gasteiger partial charge in [0.25, 0.3) is 5.91 Å². The fraction of sp³-hybridized carbons (Fsp3) is 0.857. The van der Waals surface area contributed by atoms with E-state index in [2.05, 4.69) is 10.8 Å². The maximum atomic E-state index is 11.4. The predicted octanol–water partition coefficient (Wildman–Crippen LogP) is 0.781. The van der Waals surface area contributed by atoms with Crippen LogP contribution in [-0.2, 0) is 23.9 Å². The van der Waals surface area contributed by atoms with Gasteiger partial charge in [0.2, 0.25) is 5.91 Å². The molecular formula is C14H28N2O5. The SMILES string of the molecule is CC(C)(C)OCC(=O)NCCONC(=O)COC(C)(C)C. The summed E-state index contributed by atoms with van der Waals surface area (Å²) in [6.07, 6.45) is 0. The summed E-state index contributed by atoms with van der Waals surface area (Å²) in [5.74, 6) is -0.594. The first-order chi connectivity index (χ1) is 9.49. The van der Waals surface area contributed by atoms with Gasteiger partial charge in [-0.15, -0.1) is 0 Å². The highest BCUT2D eigenvalue weighted by atomic mass is 16.7. The van der Waals surface area contributed by atoms with Crippen LogP contribution in [0.15, 0.2) is 0 Å². The maximum Gasteiger partial charge on any atom is 0.269 e. The molecule has 124 valence electrons. The molecule has 0 rings (SSSR count). The second kappa shape index (κ2) is 8.96. The summed E-state index contributed by atoms with van der Waals surface area (Å²) in [5, 5.41) is 2.61. The summed E-state index contributed by atoms with van der Waals surface area (Å²) >= 11 is 0. The van der Waals surface area contributed by atoms with Crippen molar-refractivity contribution in [1.29, 1.82) is 0 Å². The van der Waals surface area contributed by atoms with Crippen LogP contribution in [0.3, 0.4) is 0 Å². The minimum Gasteiger partial charge on any atom is -0.366 e. The van der Waals surface area contributed by atoms with Gasteiger partial charge in [0.05, 0.1) is 17.8 Å². The van der Waals surface area contributed by atoms with E-state index in [4.69, 9.17) is 14.3 Å². The fourth-order valence-corrected chi connectivity index (χ4v) is 1.02. The quantitative estimate of drug-likeness (QED) is 0.511. The zero-order valence-corrected chi connectivity index (χ0v) is 13.9. The number of carbonyl (C=O) groups is 2. The van der Waals surface area contributed by atoms with Crippen LogP contribution in [0.1, 0.15) is 41.5 Å². The van der Waals surface area contributed by atoms with Gasteiger partial charge in [-0.3, -0.25) is 14.4 Å². The first kappa shape index (κ1) is 19.8. The van der Waals surface area contributed by atoms with Crippen molar-refractivity contribution in [2.75, 3.05) is 26.4 Å². The molecule has 0 saturated heterocycles. The van der Waals surface area contributed by atoms with Gasteiger partial charge in [-0.1, -0.05) is 0 Å². The second-order valence-corrected chi connectivity index (χ2v) is 6.53. The van der Waals surface area contributed by atoms with Crippen molar-refractivity contribution in [2.45, 2.75) is 52.7 Å². The van der Waals surface area contributed by atoms with Crippen LogP contribution < -0.4 is 10.8 Å². The zero-order valence-electron chi connectivity index (χ0n) is 13.9. The molecule has 0 aliphatic heterocycles. The molecule has 0 aliphatic rings. The number of ether oxygens (including phenoxy) is 2. The lowest BCUT2D eigenvalue weighted by molar-refractivity contribution is -0.143. The minimum atomic E-state index is -0.377. The molecule has 0 unspecified atom stereocenters. The number of amides is 2. The summed E-state index contributed by atoms with van der Waals surface area (Å²) in [5.41, 5.74) is 1.51. The van der Waals surface area contributed by atoms with E-state index in [0.717, 1.165) is 0 Å². The normalized spacial score (nSPS) is 12.1. The molecule has 0 spiro atoms. The highest BCUT2D eigenvalue weighted by Gasteiger charge is 2.13. The first-order valence-corrected chi connectivity index (χ1v) is 6.95. The molecule has 0 heterocycles. The zero-order chi connectivity index (χ0) is 16.5. The van der Waals surface area contributed by atoms with Crippen molar-refractivity contribution < 1.29 is 23.9 Å². The van der Waals surface area contributed by atoms with E-state index in [0.29, 0.717) is 0 Å². The van der Waals surface area contributed by atoms with E-state index in [9.17, 15) is 9.59 Å². The van der Waals surface area contributed by atoms with Gasteiger partial charge in [-0.25, -0.2) is 5.48 Å². The second-order valence-electron chi connectivity index (χ2n) is 6.53. The third kappa shape index (κ3) is 15.0. The van der Waals surface area contributed by atoms with Crippen LogP contribution >= 0.6 is 0 Å². The monoisotopic (exact) mass is 304 g/mol. The largest absolute Gasteiger partial charge is 0.366 e. The van der Waals surface area contributed by atoms with Crippen LogP contribution in [0.5, 0.6) is 0 Å². The Labute approximate surface area is 126 Å². The predicted molar refractivity (Wildman–Crippen MR) is 78.5 cm³/mol. The standard InChI is InChI=1S/C14H28N2O5/c1-13(2,3)19-9-11(17)15-7-8-21-16-12(18)10-20-14(4,5)6/h7-10H2,1-6H3,(H,15,17)(H,16,18). The van der Waals surface area contributed by atoms with E-state index in [1.165, 1.54) is 0 Å². The lowest BCUT2D eigenvalue weighted by Crippen LogP contribution is -2.36. The molecule has 0 atom stereocenters. The molecule has 0 bridgehead atoms. The Balaban J connectivity index is 3.55. The molecule has 0 saturated carbocycles. The molecule has 0 aliphatic carbocycles. The fourth-order valence-electron chi connectivity index (χ4n) is 1.02. The Morgan fingerprint density at radius 1 is 0.857 bits per heavy atom. The van der Waals surface area contributed by atoms with Gasteiger partial charge in [0, 0.05) is 6.54 Å². The number of carbonyl (C=O) groups excluding carboxylic acids is 2. The Bertz CT molecular complexity index is 299. The highest BCUT2D eigenvalue weighted by molar-refractivity contribution is 5.77. The molecular weight excluding hydrogens is 276 g/mol. The summed E-state index contributed by atoms with van der Waals surface area (Å²) in [7, 11) is 0. The summed E-state index contributed by atoms with van der Waals surface area (Å²) < 4.78 is 10.6. The van der Waals surface area contributed by atoms with Crippen molar-refractivity contribution in [3.05, 3.63) is 0 Å². The number of nitrogens with one attached hydrogen (secondary N) is 2. The lowest BCUT2D eigenvalue weighted by Gasteiger charge is -2.19. The van der Waals surface area contributed by atoms with Crippen LogP contribution in [0, 0.1) is 0 Å². The molecule has 0 aromatic carbocycles. The van der Waals surface area contributed by atoms with Gasteiger partial charge in [-0.2, -0.15) is 0 Å². The molecule has 0 aromatic heterocycles. The number of rotatable bonds is 8. The van der Waals surface area contributed by atoms with Crippen LogP contribution in [0.4, 0.5) is 0 Å². The Hall–Kier alpha value is -1.18. The number of hydroxylamine groups is 1. The molecule has 7 nitrogen and oxygen atoms in total. The van der Waals surface area contributed by atoms with E-state index >= 15 is 0 Å². The average molecular weight is 304 g/mol. The smallest absolute Gasteiger partial charge is 0.269 e. The number of hydrogen-bond acceptors (Lipinski definition) is 5. The third-order valence-corrected chi connectivity index (χ3v) is 1.98. The highest BCUT2D eigenvalue weighted by Crippen LogP contribution is 2.06. The van der Waals surface area contributed by atoms with E-state index in [1.807, 2.05) is 41.5 Å². The van der Waals surface area contributed by atoms with E-state index in [-0.39, 0.29) is 49.4 Å². The van der Waals surface area contributed by atoms with Gasteiger partial charge >= 0.3 is 0 Å². The van der Waals surface area contributed by atoms with Crippen LogP contribution in [-0.4, -0.2) is 49.4 Å². The van der Waals surface area contributed by atoms with Gasteiger partial charge < -0.3 is 14.8 Å². The van der Waals surface area contributed by atoms with E-state index < -0.39 is 0 Å². The van der Waals surface area contributed by atoms with Crippen molar-refractivity contribution in [2.24, 2.45) is 0 Å². The van der Waals surface area contributed by atoms with Crippen LogP contribution in [0.2, 0.25) is 0 Å². The average Bonchev–Trinajstić information content (AvgIpc) is 2.32. The molecule has 0 aromatic rings. The summed E-state index contributed by atoms with van der Waals surface area (Å²) in [6, 6.07) is 0. The molecule has 2 amide bonds. The summed E-state index contributed by atoms with van der Waals surface area (Å²) in [4.78, 5) is 27.7. The van der Waals surface area contributed by atoms with Crippen molar-refractivity contribution >= 4 is 11.8 Å². The molecule has 7 heteroatoms. The Morgan fingerprint density at radius 3 is 1.81 bits per heavy atom. The molecule has 2 N–H and O–H groups in total. The molecule has 0 fully saturated rings. The Kier molecular flexibility index (Phi) is 8.46. The Morgan fingerprint density at radius 2 is 1.33 bits per heavy atom. The lowest BCUT2D eigenvalue weighted by atomic mass is 10.2. The maximum absolute atomic E-state index is 11.4. The first-order valence-electron chi connectivity index (χ1n) is 6.95. The van der Waals surface area contributed by atoms with Gasteiger partial charge in [-0.05, 0) is 41.5 Å². The molecule has 0 radical (unpaired) electrons. The van der Waals surface area contributed by atoms with Gasteiger partial charge in [0.1, 0.15) is 13.2 Å². The van der Waals surface area contributed by atoms with Crippen molar-refractivity contribution in [3.8, 4) is 0 Å². The topological polar surface area (TPSA) is 85.9 Å². The number of hydrogen-bond donors (Lipinski definition) is 2. The minimum absolute atomic E-state index is 0.00468. The molecule has 21 heavy (non-hydrogen) atoms. The van der Waals surface area contributed by atoms with Crippen molar-refractivity contribution in [1.82, 2.24) is 10.8 Å². The van der Waals surface area contributed by atoms with Gasteiger partial charge in [0.15, 0.2) is 0 Å². The van der Waals surface area contributed by atoms with Crippen molar-refractivity contribution in [3.63, 3.8) is 0 Å². The summed E-state index contributed by atoms with van der Waals surface area (Å²) in [6.45, 7) is 11.6.